The second-order valence-corrected chi connectivity index (χ2v) is 4.78. The third-order valence-corrected chi connectivity index (χ3v) is 3.21. The van der Waals surface area contributed by atoms with E-state index in [1.807, 2.05) is 30.3 Å². The van der Waals surface area contributed by atoms with Gasteiger partial charge < -0.3 is 0 Å². The van der Waals surface area contributed by atoms with Crippen LogP contribution < -0.4 is 0 Å². The van der Waals surface area contributed by atoms with Crippen LogP contribution >= 0.6 is 0 Å². The molecule has 2 rings (SSSR count). The Morgan fingerprint density at radius 2 is 1.58 bits per heavy atom. The Morgan fingerprint density at radius 3 is 2.16 bits per heavy atom. The van der Waals surface area contributed by atoms with Gasteiger partial charge in [0.2, 0.25) is 11.8 Å². The van der Waals surface area contributed by atoms with Gasteiger partial charge in [-0.3, -0.25) is 19.3 Å². The first-order valence-corrected chi connectivity index (χ1v) is 6.55. The number of rotatable bonds is 4. The molecule has 0 bridgehead atoms. The molecular formula is C15H17NO3. The van der Waals surface area contributed by atoms with Crippen LogP contribution in [0.1, 0.15) is 31.2 Å². The molecule has 1 fully saturated rings. The Bertz CT molecular complexity index is 463. The quantitative estimate of drug-likeness (QED) is 0.774. The largest absolute Gasteiger partial charge is 0.297 e. The fourth-order valence-corrected chi connectivity index (χ4v) is 2.19. The lowest BCUT2D eigenvalue weighted by Crippen LogP contribution is -2.39. The predicted octanol–water partition coefficient (Wildman–Crippen LogP) is 1.73. The second kappa shape index (κ2) is 6.27. The van der Waals surface area contributed by atoms with Crippen LogP contribution in [0.25, 0.3) is 0 Å². The normalized spacial score (nSPS) is 16.3. The highest BCUT2D eigenvalue weighted by molar-refractivity contribution is 6.00. The Morgan fingerprint density at radius 1 is 1.00 bits per heavy atom. The summed E-state index contributed by atoms with van der Waals surface area (Å²) in [5.74, 6) is -0.539. The number of amides is 2. The molecule has 0 N–H and O–H groups in total. The standard InChI is InChI=1S/C15H17NO3/c17-13(10-12-6-2-1-3-7-12)11-16-14(18)8-4-5-9-15(16)19/h1-3,6-7H,4-5,8-11H2. The van der Waals surface area contributed by atoms with Crippen LogP contribution in [-0.2, 0) is 20.8 Å². The molecule has 0 spiro atoms. The maximum atomic E-state index is 11.9. The average Bonchev–Trinajstić information content (AvgIpc) is 2.55. The van der Waals surface area contributed by atoms with E-state index in [4.69, 9.17) is 0 Å². The summed E-state index contributed by atoms with van der Waals surface area (Å²) in [7, 11) is 0. The van der Waals surface area contributed by atoms with E-state index in [-0.39, 0.29) is 30.6 Å². The first kappa shape index (κ1) is 13.5. The van der Waals surface area contributed by atoms with E-state index in [9.17, 15) is 14.4 Å². The molecule has 1 saturated heterocycles. The van der Waals surface area contributed by atoms with Crippen molar-refractivity contribution in [2.24, 2.45) is 0 Å². The number of likely N-dealkylation sites (tertiary alicyclic amines) is 1. The number of carbonyl (C=O) groups is 3. The summed E-state index contributed by atoms with van der Waals surface area (Å²) in [6, 6.07) is 9.35. The van der Waals surface area contributed by atoms with E-state index in [2.05, 4.69) is 0 Å². The molecule has 100 valence electrons. The number of hydrogen-bond acceptors (Lipinski definition) is 3. The smallest absolute Gasteiger partial charge is 0.229 e. The van der Waals surface area contributed by atoms with Crippen LogP contribution in [0.3, 0.4) is 0 Å². The van der Waals surface area contributed by atoms with Crippen LogP contribution in [0.5, 0.6) is 0 Å². The number of carbonyl (C=O) groups excluding carboxylic acids is 3. The highest BCUT2D eigenvalue weighted by Gasteiger charge is 2.25. The van der Waals surface area contributed by atoms with Gasteiger partial charge in [0, 0.05) is 19.3 Å². The lowest BCUT2D eigenvalue weighted by molar-refractivity contribution is -0.146. The van der Waals surface area contributed by atoms with Gasteiger partial charge in [-0.1, -0.05) is 30.3 Å². The highest BCUT2D eigenvalue weighted by Crippen LogP contribution is 2.13. The van der Waals surface area contributed by atoms with Gasteiger partial charge in [-0.2, -0.15) is 0 Å². The van der Waals surface area contributed by atoms with E-state index < -0.39 is 0 Å². The first-order chi connectivity index (χ1) is 9.16. The van der Waals surface area contributed by atoms with Crippen LogP contribution in [0.4, 0.5) is 0 Å². The Balaban J connectivity index is 1.97. The molecule has 1 aliphatic heterocycles. The maximum absolute atomic E-state index is 11.9. The summed E-state index contributed by atoms with van der Waals surface area (Å²) >= 11 is 0. The Labute approximate surface area is 112 Å². The fraction of sp³-hybridized carbons (Fsp3) is 0.400. The minimum Gasteiger partial charge on any atom is -0.297 e. The van der Waals surface area contributed by atoms with Crippen molar-refractivity contribution in [3.63, 3.8) is 0 Å². The monoisotopic (exact) mass is 259 g/mol. The number of nitrogens with zero attached hydrogens (tertiary/aromatic N) is 1. The van der Waals surface area contributed by atoms with E-state index in [0.29, 0.717) is 12.8 Å². The molecule has 1 aromatic carbocycles. The fourth-order valence-electron chi connectivity index (χ4n) is 2.19. The number of imide groups is 1. The maximum Gasteiger partial charge on any atom is 0.229 e. The second-order valence-electron chi connectivity index (χ2n) is 4.78. The van der Waals surface area contributed by atoms with Crippen molar-refractivity contribution in [1.82, 2.24) is 4.90 Å². The SMILES string of the molecule is O=C(Cc1ccccc1)CN1C(=O)CCCCC1=O. The molecule has 0 unspecified atom stereocenters. The predicted molar refractivity (Wildman–Crippen MR) is 70.3 cm³/mol. The molecule has 1 heterocycles. The Hall–Kier alpha value is -1.97. The van der Waals surface area contributed by atoms with Crippen molar-refractivity contribution < 1.29 is 14.4 Å². The summed E-state index contributed by atoms with van der Waals surface area (Å²) in [5.41, 5.74) is 0.905. The lowest BCUT2D eigenvalue weighted by atomic mass is 10.1. The summed E-state index contributed by atoms with van der Waals surface area (Å²) in [6.07, 6.45) is 2.45. The van der Waals surface area contributed by atoms with Gasteiger partial charge in [0.05, 0.1) is 6.54 Å². The molecule has 4 nitrogen and oxygen atoms in total. The zero-order chi connectivity index (χ0) is 13.7. The van der Waals surface area contributed by atoms with Crippen molar-refractivity contribution in [3.05, 3.63) is 35.9 Å². The summed E-state index contributed by atoms with van der Waals surface area (Å²) in [4.78, 5) is 36.6. The van der Waals surface area contributed by atoms with Crippen molar-refractivity contribution in [3.8, 4) is 0 Å². The van der Waals surface area contributed by atoms with Gasteiger partial charge in [0.1, 0.15) is 0 Å². The molecular weight excluding hydrogens is 242 g/mol. The lowest BCUT2D eigenvalue weighted by Gasteiger charge is -2.17. The van der Waals surface area contributed by atoms with E-state index in [1.54, 1.807) is 0 Å². The number of benzene rings is 1. The summed E-state index contributed by atoms with van der Waals surface area (Å²) in [5, 5.41) is 0. The first-order valence-electron chi connectivity index (χ1n) is 6.55. The zero-order valence-corrected chi connectivity index (χ0v) is 10.8. The molecule has 1 aliphatic rings. The molecule has 1 aromatic rings. The molecule has 0 aromatic heterocycles. The zero-order valence-electron chi connectivity index (χ0n) is 10.8. The van der Waals surface area contributed by atoms with Crippen LogP contribution in [0.15, 0.2) is 30.3 Å². The van der Waals surface area contributed by atoms with Gasteiger partial charge in [0.15, 0.2) is 5.78 Å². The van der Waals surface area contributed by atoms with E-state index >= 15 is 0 Å². The molecule has 0 radical (unpaired) electrons. The topological polar surface area (TPSA) is 54.5 Å². The highest BCUT2D eigenvalue weighted by atomic mass is 16.2. The van der Waals surface area contributed by atoms with Gasteiger partial charge >= 0.3 is 0 Å². The van der Waals surface area contributed by atoms with Crippen LogP contribution in [0.2, 0.25) is 0 Å². The molecule has 19 heavy (non-hydrogen) atoms. The number of Topliss-reactive ketones (excluding diaryl/α,β-unsaturated/α-hetero) is 1. The van der Waals surface area contributed by atoms with E-state index in [0.717, 1.165) is 23.3 Å². The van der Waals surface area contributed by atoms with Crippen molar-refractivity contribution in [1.29, 1.82) is 0 Å². The molecule has 4 heteroatoms. The average molecular weight is 259 g/mol. The van der Waals surface area contributed by atoms with Gasteiger partial charge in [-0.15, -0.1) is 0 Å². The molecule has 2 amide bonds. The third kappa shape index (κ3) is 3.74. The Kier molecular flexibility index (Phi) is 4.44. The number of ketones is 1. The molecule has 0 aliphatic carbocycles. The minimum absolute atomic E-state index is 0.0907. The molecule has 0 atom stereocenters. The van der Waals surface area contributed by atoms with Crippen molar-refractivity contribution >= 4 is 17.6 Å². The van der Waals surface area contributed by atoms with Gasteiger partial charge in [-0.05, 0) is 18.4 Å². The van der Waals surface area contributed by atoms with E-state index in [1.165, 1.54) is 0 Å². The summed E-state index contributed by atoms with van der Waals surface area (Å²) in [6.45, 7) is -0.0907. The van der Waals surface area contributed by atoms with Crippen LogP contribution in [-0.4, -0.2) is 29.0 Å². The van der Waals surface area contributed by atoms with Gasteiger partial charge in [-0.25, -0.2) is 0 Å². The minimum atomic E-state index is -0.219. The van der Waals surface area contributed by atoms with Crippen molar-refractivity contribution in [2.75, 3.05) is 6.54 Å². The van der Waals surface area contributed by atoms with Gasteiger partial charge in [0.25, 0.3) is 0 Å². The van der Waals surface area contributed by atoms with Crippen LogP contribution in [0, 0.1) is 0 Å². The number of hydrogen-bond donors (Lipinski definition) is 0. The summed E-state index contributed by atoms with van der Waals surface area (Å²) < 4.78 is 0. The third-order valence-electron chi connectivity index (χ3n) is 3.21. The molecule has 0 saturated carbocycles. The van der Waals surface area contributed by atoms with Crippen molar-refractivity contribution in [2.45, 2.75) is 32.1 Å².